The van der Waals surface area contributed by atoms with Gasteiger partial charge >= 0.3 is 0 Å². The van der Waals surface area contributed by atoms with Crippen LogP contribution in [-0.2, 0) is 0 Å². The number of benzene rings is 2. The van der Waals surface area contributed by atoms with Gasteiger partial charge in [0.05, 0.1) is 0 Å². The number of hydrogen-bond acceptors (Lipinski definition) is 2. The zero-order valence-electron chi connectivity index (χ0n) is 8.97. The molecule has 1 N–H and O–H groups in total. The second-order valence-electron chi connectivity index (χ2n) is 3.72. The Hall–Kier alpha value is -2.09. The molecule has 0 spiro atoms. The molecule has 0 aliphatic rings. The van der Waals surface area contributed by atoms with E-state index in [4.69, 9.17) is 0 Å². The minimum Gasteiger partial charge on any atom is -0.507 e. The molecular weight excluding hydrogens is 200 g/mol. The maximum Gasteiger partial charge on any atom is 0.150 e. The maximum absolute atomic E-state index is 10.8. The molecule has 80 valence electrons. The Kier molecular flexibility index (Phi) is 2.73. The van der Waals surface area contributed by atoms with Crippen LogP contribution in [0.4, 0.5) is 0 Å². The third-order valence-electron chi connectivity index (χ3n) is 2.54. The summed E-state index contributed by atoms with van der Waals surface area (Å²) in [6.45, 7) is 1.79. The summed E-state index contributed by atoms with van der Waals surface area (Å²) in [7, 11) is 0. The molecule has 0 fully saturated rings. The van der Waals surface area contributed by atoms with Crippen LogP contribution in [0.1, 0.15) is 15.9 Å². The van der Waals surface area contributed by atoms with E-state index in [1.165, 1.54) is 0 Å². The van der Waals surface area contributed by atoms with Crippen LogP contribution in [0.25, 0.3) is 11.1 Å². The van der Waals surface area contributed by atoms with Crippen molar-refractivity contribution in [2.24, 2.45) is 0 Å². The van der Waals surface area contributed by atoms with Crippen molar-refractivity contribution < 1.29 is 9.90 Å². The van der Waals surface area contributed by atoms with E-state index in [-0.39, 0.29) is 5.75 Å². The predicted octanol–water partition coefficient (Wildman–Crippen LogP) is 3.18. The quantitative estimate of drug-likeness (QED) is 0.776. The summed E-state index contributed by atoms with van der Waals surface area (Å²) in [6, 6.07) is 12.9. The fraction of sp³-hybridized carbons (Fsp3) is 0.0714. The molecule has 2 aromatic rings. The summed E-state index contributed by atoms with van der Waals surface area (Å²) in [4.78, 5) is 10.8. The Morgan fingerprint density at radius 1 is 1.12 bits per heavy atom. The Morgan fingerprint density at radius 2 is 1.81 bits per heavy atom. The molecule has 2 heteroatoms. The molecule has 0 aliphatic heterocycles. The first kappa shape index (κ1) is 10.4. The van der Waals surface area contributed by atoms with Crippen LogP contribution in [-0.4, -0.2) is 11.4 Å². The van der Waals surface area contributed by atoms with Gasteiger partial charge in [-0.3, -0.25) is 4.79 Å². The second-order valence-corrected chi connectivity index (χ2v) is 3.72. The average molecular weight is 212 g/mol. The van der Waals surface area contributed by atoms with E-state index in [2.05, 4.69) is 0 Å². The van der Waals surface area contributed by atoms with Gasteiger partial charge in [-0.1, -0.05) is 30.3 Å². The Labute approximate surface area is 94.2 Å². The van der Waals surface area contributed by atoms with Gasteiger partial charge in [0.1, 0.15) is 12.0 Å². The fourth-order valence-corrected chi connectivity index (χ4v) is 1.71. The molecule has 0 unspecified atom stereocenters. The van der Waals surface area contributed by atoms with Gasteiger partial charge in [0, 0.05) is 11.1 Å². The lowest BCUT2D eigenvalue weighted by Crippen LogP contribution is -1.87. The Morgan fingerprint density at radius 3 is 2.44 bits per heavy atom. The third kappa shape index (κ3) is 1.82. The van der Waals surface area contributed by atoms with Crippen molar-refractivity contribution in [1.82, 2.24) is 0 Å². The van der Waals surface area contributed by atoms with Crippen molar-refractivity contribution in [2.75, 3.05) is 0 Å². The van der Waals surface area contributed by atoms with Crippen LogP contribution in [0.3, 0.4) is 0 Å². The highest BCUT2D eigenvalue weighted by molar-refractivity contribution is 5.82. The van der Waals surface area contributed by atoms with Crippen molar-refractivity contribution >= 4 is 6.29 Å². The molecule has 16 heavy (non-hydrogen) atoms. The summed E-state index contributed by atoms with van der Waals surface area (Å²) < 4.78 is 0. The Balaban J connectivity index is 2.64. The number of aldehydes is 1. The zero-order valence-corrected chi connectivity index (χ0v) is 8.97. The molecule has 0 amide bonds. The van der Waals surface area contributed by atoms with E-state index in [9.17, 15) is 9.90 Å². The van der Waals surface area contributed by atoms with Crippen molar-refractivity contribution in [2.45, 2.75) is 6.92 Å². The van der Waals surface area contributed by atoms with Crippen LogP contribution in [0, 0.1) is 6.92 Å². The van der Waals surface area contributed by atoms with E-state index in [0.717, 1.165) is 11.8 Å². The molecule has 2 rings (SSSR count). The topological polar surface area (TPSA) is 37.3 Å². The number of carbonyl (C=O) groups excluding carboxylic acids is 1. The number of hydrogen-bond donors (Lipinski definition) is 1. The molecule has 0 saturated carbocycles. The highest BCUT2D eigenvalue weighted by atomic mass is 16.3. The van der Waals surface area contributed by atoms with Gasteiger partial charge in [-0.15, -0.1) is 0 Å². The average Bonchev–Trinajstić information content (AvgIpc) is 2.33. The summed E-state index contributed by atoms with van der Waals surface area (Å²) in [5.41, 5.74) is 2.90. The number of phenolic OH excluding ortho intramolecular Hbond substituents is 1. The molecule has 0 atom stereocenters. The van der Waals surface area contributed by atoms with Gasteiger partial charge in [0.15, 0.2) is 0 Å². The zero-order chi connectivity index (χ0) is 11.5. The van der Waals surface area contributed by atoms with Crippen LogP contribution in [0.5, 0.6) is 5.75 Å². The van der Waals surface area contributed by atoms with Crippen LogP contribution in [0.2, 0.25) is 0 Å². The smallest absolute Gasteiger partial charge is 0.150 e. The van der Waals surface area contributed by atoms with Gasteiger partial charge in [-0.05, 0) is 30.2 Å². The number of phenols is 1. The lowest BCUT2D eigenvalue weighted by Gasteiger charge is -2.08. The molecule has 0 aliphatic carbocycles. The first-order chi connectivity index (χ1) is 7.72. The summed E-state index contributed by atoms with van der Waals surface area (Å²) in [5, 5.41) is 9.96. The van der Waals surface area contributed by atoms with Crippen LogP contribution in [0.15, 0.2) is 42.5 Å². The molecule has 0 radical (unpaired) electrons. The molecule has 0 saturated heterocycles. The lowest BCUT2D eigenvalue weighted by atomic mass is 9.99. The fourth-order valence-electron chi connectivity index (χ4n) is 1.71. The summed E-state index contributed by atoms with van der Waals surface area (Å²) >= 11 is 0. The molecule has 0 bridgehead atoms. The maximum atomic E-state index is 10.8. The number of carbonyl (C=O) groups is 1. The van der Waals surface area contributed by atoms with Crippen LogP contribution < -0.4 is 0 Å². The SMILES string of the molecule is Cc1cc(C=O)cc(-c2ccccc2)c1O. The summed E-state index contributed by atoms with van der Waals surface area (Å²) in [6.07, 6.45) is 0.791. The van der Waals surface area contributed by atoms with Gasteiger partial charge < -0.3 is 5.11 Å². The highest BCUT2D eigenvalue weighted by Crippen LogP contribution is 2.32. The van der Waals surface area contributed by atoms with E-state index in [1.807, 2.05) is 30.3 Å². The van der Waals surface area contributed by atoms with E-state index < -0.39 is 0 Å². The molecular formula is C14H12O2. The van der Waals surface area contributed by atoms with Gasteiger partial charge in [0.25, 0.3) is 0 Å². The third-order valence-corrected chi connectivity index (χ3v) is 2.54. The standard InChI is InChI=1S/C14H12O2/c1-10-7-11(9-15)8-13(14(10)16)12-5-3-2-4-6-12/h2-9,16H,1H3. The predicted molar refractivity (Wildman–Crippen MR) is 63.7 cm³/mol. The first-order valence-corrected chi connectivity index (χ1v) is 5.06. The molecule has 0 aromatic heterocycles. The molecule has 2 nitrogen and oxygen atoms in total. The number of rotatable bonds is 2. The Bertz CT molecular complexity index is 516. The van der Waals surface area contributed by atoms with Gasteiger partial charge in [-0.25, -0.2) is 0 Å². The monoisotopic (exact) mass is 212 g/mol. The minimum absolute atomic E-state index is 0.233. The molecule has 2 aromatic carbocycles. The lowest BCUT2D eigenvalue weighted by molar-refractivity contribution is 0.112. The van der Waals surface area contributed by atoms with Gasteiger partial charge in [-0.2, -0.15) is 0 Å². The number of aromatic hydroxyl groups is 1. The second kappa shape index (κ2) is 4.19. The normalized spacial score (nSPS) is 10.1. The minimum atomic E-state index is 0.233. The van der Waals surface area contributed by atoms with Gasteiger partial charge in [0.2, 0.25) is 0 Å². The van der Waals surface area contributed by atoms with Crippen molar-refractivity contribution in [3.05, 3.63) is 53.6 Å². The van der Waals surface area contributed by atoms with Crippen molar-refractivity contribution in [1.29, 1.82) is 0 Å². The van der Waals surface area contributed by atoms with Crippen molar-refractivity contribution in [3.8, 4) is 16.9 Å². The number of aryl methyl sites for hydroxylation is 1. The summed E-state index contributed by atoms with van der Waals surface area (Å²) in [5.74, 6) is 0.233. The van der Waals surface area contributed by atoms with E-state index in [0.29, 0.717) is 16.7 Å². The first-order valence-electron chi connectivity index (χ1n) is 5.06. The largest absolute Gasteiger partial charge is 0.507 e. The van der Waals surface area contributed by atoms with Crippen LogP contribution >= 0.6 is 0 Å². The highest BCUT2D eigenvalue weighted by Gasteiger charge is 2.08. The van der Waals surface area contributed by atoms with Crippen molar-refractivity contribution in [3.63, 3.8) is 0 Å². The van der Waals surface area contributed by atoms with E-state index >= 15 is 0 Å². The van der Waals surface area contributed by atoms with E-state index in [1.54, 1.807) is 19.1 Å². The molecule has 0 heterocycles.